The summed E-state index contributed by atoms with van der Waals surface area (Å²) in [5.74, 6) is 0.240. The average molecular weight is 517 g/mol. The molecule has 0 radical (unpaired) electrons. The lowest BCUT2D eigenvalue weighted by Gasteiger charge is -2.18. The van der Waals surface area contributed by atoms with Crippen molar-refractivity contribution in [1.29, 1.82) is 0 Å². The molecule has 2 aromatic heterocycles. The van der Waals surface area contributed by atoms with Gasteiger partial charge in [0.2, 0.25) is 16.0 Å². The van der Waals surface area contributed by atoms with Crippen LogP contribution >= 0.6 is 22.9 Å². The number of hydrogen-bond acceptors (Lipinski definition) is 9. The van der Waals surface area contributed by atoms with E-state index in [1.54, 1.807) is 4.90 Å². The Bertz CT molecular complexity index is 1350. The van der Waals surface area contributed by atoms with Crippen molar-refractivity contribution in [2.75, 3.05) is 18.0 Å². The zero-order valence-electron chi connectivity index (χ0n) is 17.3. The van der Waals surface area contributed by atoms with Gasteiger partial charge >= 0.3 is 0 Å². The fourth-order valence-corrected chi connectivity index (χ4v) is 6.17. The van der Waals surface area contributed by atoms with E-state index in [1.165, 1.54) is 12.1 Å². The Morgan fingerprint density at radius 1 is 1.30 bits per heavy atom. The van der Waals surface area contributed by atoms with Crippen molar-refractivity contribution in [3.8, 4) is 10.7 Å². The van der Waals surface area contributed by atoms with E-state index in [0.717, 1.165) is 12.8 Å². The molecule has 14 heteroatoms. The van der Waals surface area contributed by atoms with E-state index < -0.39 is 33.1 Å². The van der Waals surface area contributed by atoms with Crippen molar-refractivity contribution >= 4 is 49.8 Å². The summed E-state index contributed by atoms with van der Waals surface area (Å²) < 4.78 is 54.9. The molecule has 3 aromatic rings. The Balaban J connectivity index is 1.69. The van der Waals surface area contributed by atoms with Crippen LogP contribution in [0.25, 0.3) is 21.6 Å². The molecular weight excluding hydrogens is 498 g/mol. The van der Waals surface area contributed by atoms with Crippen LogP contribution in [-0.4, -0.2) is 58.4 Å². The van der Waals surface area contributed by atoms with E-state index in [0.29, 0.717) is 30.8 Å². The van der Waals surface area contributed by atoms with E-state index in [-0.39, 0.29) is 37.5 Å². The first kappa shape index (κ1) is 22.7. The number of aromatic nitrogens is 4. The molecular formula is C19H19ClF2N6O3S2. The molecule has 9 nitrogen and oxygen atoms in total. The summed E-state index contributed by atoms with van der Waals surface area (Å²) >= 11 is 7.14. The molecule has 1 saturated heterocycles. The predicted octanol–water partition coefficient (Wildman–Crippen LogP) is 3.14. The summed E-state index contributed by atoms with van der Waals surface area (Å²) in [6.45, 7) is 2.61. The summed E-state index contributed by atoms with van der Waals surface area (Å²) in [6.07, 6.45) is -1.36. The molecule has 1 aliphatic heterocycles. The first-order valence-corrected chi connectivity index (χ1v) is 12.8. The number of aliphatic hydroxyl groups is 1. The molecule has 0 bridgehead atoms. The number of hydrogen-bond donors (Lipinski definition) is 2. The number of β-amino-alcohol motifs (C(OH)–C–C–N with tert-alkyl or cyclic N) is 1. The van der Waals surface area contributed by atoms with Gasteiger partial charge < -0.3 is 10.0 Å². The highest BCUT2D eigenvalue weighted by molar-refractivity contribution is 7.89. The molecule has 0 amide bonds. The lowest BCUT2D eigenvalue weighted by Crippen LogP contribution is -2.34. The zero-order valence-corrected chi connectivity index (χ0v) is 19.7. The lowest BCUT2D eigenvalue weighted by molar-refractivity contribution is 0.150. The zero-order chi connectivity index (χ0) is 23.5. The molecule has 0 unspecified atom stereocenters. The molecule has 176 valence electrons. The summed E-state index contributed by atoms with van der Waals surface area (Å²) in [5, 5.41) is 17.2. The smallest absolute Gasteiger partial charge is 0.291 e. The molecule has 2 fully saturated rings. The number of anilines is 1. The van der Waals surface area contributed by atoms with Crippen molar-refractivity contribution in [3.05, 3.63) is 22.2 Å². The second-order valence-electron chi connectivity index (χ2n) is 8.47. The highest BCUT2D eigenvalue weighted by atomic mass is 35.5. The quantitative estimate of drug-likeness (QED) is 0.512. The Kier molecular flexibility index (Phi) is 5.52. The number of sulfonamides is 1. The summed E-state index contributed by atoms with van der Waals surface area (Å²) in [7, 11) is -3.90. The Hall–Kier alpha value is -2.06. The minimum Gasteiger partial charge on any atom is -0.391 e. The van der Waals surface area contributed by atoms with Gasteiger partial charge in [0.15, 0.2) is 10.0 Å². The number of halogens is 3. The van der Waals surface area contributed by atoms with Crippen LogP contribution in [-0.2, 0) is 10.0 Å². The van der Waals surface area contributed by atoms with Crippen molar-refractivity contribution < 1.29 is 22.3 Å². The number of fused-ring (bicyclic) bond motifs is 1. The molecule has 2 N–H and O–H groups in total. The number of benzene rings is 1. The van der Waals surface area contributed by atoms with E-state index in [2.05, 4.69) is 24.9 Å². The van der Waals surface area contributed by atoms with Crippen LogP contribution in [0, 0.1) is 0 Å². The first-order valence-electron chi connectivity index (χ1n) is 10.1. The normalized spacial score (nSPS) is 20.2. The van der Waals surface area contributed by atoms with E-state index in [1.807, 2.05) is 6.92 Å². The maximum absolute atomic E-state index is 13.2. The Labute approximate surface area is 196 Å². The maximum Gasteiger partial charge on any atom is 0.291 e. The largest absolute Gasteiger partial charge is 0.391 e. The third kappa shape index (κ3) is 4.39. The SMILES string of the molecule is CC1(NS(=O)(=O)c2cc(Cl)c3nc(N4CC[C@H](O)C4)nc(-c4nnc(C(F)F)s4)c3c2)CC1. The van der Waals surface area contributed by atoms with E-state index in [9.17, 15) is 22.3 Å². The molecule has 0 spiro atoms. The molecule has 1 atom stereocenters. The minimum absolute atomic E-state index is 0.0667. The van der Waals surface area contributed by atoms with Crippen LogP contribution in [0.15, 0.2) is 17.0 Å². The van der Waals surface area contributed by atoms with Crippen molar-refractivity contribution in [2.45, 2.75) is 49.2 Å². The van der Waals surface area contributed by atoms with Gasteiger partial charge in [-0.15, -0.1) is 10.2 Å². The fourth-order valence-electron chi connectivity index (χ4n) is 3.63. The number of nitrogens with zero attached hydrogens (tertiary/aromatic N) is 5. The topological polar surface area (TPSA) is 121 Å². The van der Waals surface area contributed by atoms with Gasteiger partial charge in [-0.2, -0.15) is 0 Å². The van der Waals surface area contributed by atoms with E-state index >= 15 is 0 Å². The number of nitrogens with one attached hydrogen (secondary N) is 1. The minimum atomic E-state index is -3.90. The first-order chi connectivity index (χ1) is 15.5. The second kappa shape index (κ2) is 8.01. The van der Waals surface area contributed by atoms with Gasteiger partial charge in [-0.25, -0.2) is 31.9 Å². The number of aliphatic hydroxyl groups excluding tert-OH is 1. The van der Waals surface area contributed by atoms with Gasteiger partial charge in [0.1, 0.15) is 5.69 Å². The van der Waals surface area contributed by atoms with Gasteiger partial charge in [-0.05, 0) is 38.3 Å². The van der Waals surface area contributed by atoms with Crippen LogP contribution in [0.1, 0.15) is 37.6 Å². The summed E-state index contributed by atoms with van der Waals surface area (Å²) in [6, 6.07) is 2.68. The predicted molar refractivity (Wildman–Crippen MR) is 119 cm³/mol. The molecule has 1 aliphatic carbocycles. The van der Waals surface area contributed by atoms with Gasteiger partial charge in [-0.3, -0.25) is 0 Å². The number of alkyl halides is 2. The highest BCUT2D eigenvalue weighted by Crippen LogP contribution is 2.39. The third-order valence-electron chi connectivity index (χ3n) is 5.68. The van der Waals surface area contributed by atoms with Crippen LogP contribution in [0.5, 0.6) is 0 Å². The van der Waals surface area contributed by atoms with E-state index in [4.69, 9.17) is 11.6 Å². The molecule has 33 heavy (non-hydrogen) atoms. The van der Waals surface area contributed by atoms with Crippen LogP contribution < -0.4 is 9.62 Å². The monoisotopic (exact) mass is 516 g/mol. The summed E-state index contributed by atoms with van der Waals surface area (Å²) in [4.78, 5) is 10.7. The van der Waals surface area contributed by atoms with Gasteiger partial charge in [-0.1, -0.05) is 22.9 Å². The standard InChI is InChI=1S/C19H19ClF2N6O3S2/c1-19(3-4-19)27-33(30,31)10-6-11-13(12(20)7-10)23-18(28-5-2-9(29)8-28)24-14(11)16-25-26-17(32-16)15(21)22/h6-7,9,15,27,29H,2-5,8H2,1H3/t9-/m0/s1. The van der Waals surface area contributed by atoms with Gasteiger partial charge in [0, 0.05) is 24.0 Å². The van der Waals surface area contributed by atoms with Crippen molar-refractivity contribution in [1.82, 2.24) is 24.9 Å². The molecule has 1 saturated carbocycles. The Morgan fingerprint density at radius 2 is 2.06 bits per heavy atom. The average Bonchev–Trinajstić information content (AvgIpc) is 3.14. The van der Waals surface area contributed by atoms with Gasteiger partial charge in [0.25, 0.3) is 6.43 Å². The van der Waals surface area contributed by atoms with Crippen LogP contribution in [0.4, 0.5) is 14.7 Å². The van der Waals surface area contributed by atoms with Crippen LogP contribution in [0.3, 0.4) is 0 Å². The summed E-state index contributed by atoms with van der Waals surface area (Å²) in [5.41, 5.74) is -0.0911. The molecule has 2 aliphatic rings. The highest BCUT2D eigenvalue weighted by Gasteiger charge is 2.41. The number of rotatable bonds is 6. The fraction of sp³-hybridized carbons (Fsp3) is 0.474. The second-order valence-corrected chi connectivity index (χ2v) is 11.6. The molecule has 5 rings (SSSR count). The molecule has 3 heterocycles. The third-order valence-corrected chi connectivity index (χ3v) is 8.53. The van der Waals surface area contributed by atoms with Crippen LogP contribution in [0.2, 0.25) is 5.02 Å². The van der Waals surface area contributed by atoms with Crippen molar-refractivity contribution in [3.63, 3.8) is 0 Å². The van der Waals surface area contributed by atoms with Crippen molar-refractivity contribution in [2.24, 2.45) is 0 Å². The Morgan fingerprint density at radius 3 is 2.67 bits per heavy atom. The van der Waals surface area contributed by atoms with Gasteiger partial charge in [0.05, 0.1) is 21.5 Å². The molecule has 1 aromatic carbocycles. The lowest BCUT2D eigenvalue weighted by atomic mass is 10.2. The maximum atomic E-state index is 13.2.